The fourth-order valence-electron chi connectivity index (χ4n) is 5.47. The van der Waals surface area contributed by atoms with E-state index >= 15 is 0 Å². The van der Waals surface area contributed by atoms with Crippen LogP contribution in [0, 0.1) is 5.41 Å². The molecule has 8 heteroatoms. The molecule has 4 rings (SSSR count). The standard InChI is InChI=1S/C27H40N4O4/c1-5-11-29-13-15-30(16-14-29)20-8-6-19(7-9-20)25(33)28-21(17-27(2,3)4)26(34)31-12-10-23-24(31)22(32)18-35-23/h6-9,21,23-24H,5,10-18H2,1-4H3,(H,28,33)/t21-,23+,24+/m0/s1. The first-order chi connectivity index (χ1) is 16.7. The van der Waals surface area contributed by atoms with E-state index in [1.807, 2.05) is 45.0 Å². The molecule has 3 atom stereocenters. The van der Waals surface area contributed by atoms with Crippen LogP contribution in [0.25, 0.3) is 0 Å². The number of rotatable bonds is 7. The molecule has 3 aliphatic rings. The van der Waals surface area contributed by atoms with E-state index in [9.17, 15) is 14.4 Å². The van der Waals surface area contributed by atoms with Gasteiger partial charge in [0.15, 0.2) is 5.78 Å². The molecule has 0 radical (unpaired) electrons. The lowest BCUT2D eigenvalue weighted by Crippen LogP contribution is -2.53. The van der Waals surface area contributed by atoms with Crippen LogP contribution >= 0.6 is 0 Å². The number of ketones is 1. The first-order valence-corrected chi connectivity index (χ1v) is 13.0. The van der Waals surface area contributed by atoms with Crippen molar-refractivity contribution in [3.8, 4) is 0 Å². The fourth-order valence-corrected chi connectivity index (χ4v) is 5.47. The van der Waals surface area contributed by atoms with Crippen LogP contribution in [-0.2, 0) is 14.3 Å². The zero-order valence-corrected chi connectivity index (χ0v) is 21.6. The molecule has 192 valence electrons. The molecular formula is C27H40N4O4. The minimum absolute atomic E-state index is 0.0483. The van der Waals surface area contributed by atoms with Crippen LogP contribution in [0.1, 0.15) is 57.3 Å². The zero-order chi connectivity index (χ0) is 25.2. The lowest BCUT2D eigenvalue weighted by atomic mass is 9.87. The molecule has 1 aromatic rings. The van der Waals surface area contributed by atoms with Gasteiger partial charge in [-0.3, -0.25) is 19.3 Å². The van der Waals surface area contributed by atoms with E-state index in [0.717, 1.165) is 38.4 Å². The van der Waals surface area contributed by atoms with Crippen molar-refractivity contribution in [3.05, 3.63) is 29.8 Å². The van der Waals surface area contributed by atoms with Crippen LogP contribution in [0.15, 0.2) is 24.3 Å². The number of likely N-dealkylation sites (tertiary alicyclic amines) is 1. The topological polar surface area (TPSA) is 82.2 Å². The predicted molar refractivity (Wildman–Crippen MR) is 136 cm³/mol. The van der Waals surface area contributed by atoms with Gasteiger partial charge < -0.3 is 19.9 Å². The Hall–Kier alpha value is -2.45. The second kappa shape index (κ2) is 10.7. The summed E-state index contributed by atoms with van der Waals surface area (Å²) in [5.41, 5.74) is 1.47. The van der Waals surface area contributed by atoms with Gasteiger partial charge in [-0.15, -0.1) is 0 Å². The van der Waals surface area contributed by atoms with Gasteiger partial charge in [0, 0.05) is 44.0 Å². The summed E-state index contributed by atoms with van der Waals surface area (Å²) >= 11 is 0. The maximum atomic E-state index is 13.5. The summed E-state index contributed by atoms with van der Waals surface area (Å²) in [6, 6.07) is 6.44. The molecule has 8 nitrogen and oxygen atoms in total. The molecule has 0 aliphatic carbocycles. The summed E-state index contributed by atoms with van der Waals surface area (Å²) in [5, 5.41) is 2.98. The molecule has 0 bridgehead atoms. The van der Waals surface area contributed by atoms with Crippen molar-refractivity contribution < 1.29 is 19.1 Å². The highest BCUT2D eigenvalue weighted by Crippen LogP contribution is 2.30. The third kappa shape index (κ3) is 6.04. The number of ether oxygens (including phenoxy) is 1. The summed E-state index contributed by atoms with van der Waals surface area (Å²) in [7, 11) is 0. The maximum absolute atomic E-state index is 13.5. The molecule has 3 heterocycles. The first-order valence-electron chi connectivity index (χ1n) is 13.0. The molecular weight excluding hydrogens is 444 g/mol. The molecule has 1 aromatic carbocycles. The average Bonchev–Trinajstić information content (AvgIpc) is 3.41. The number of amides is 2. The Kier molecular flexibility index (Phi) is 7.81. The second-order valence-corrected chi connectivity index (χ2v) is 11.2. The quantitative estimate of drug-likeness (QED) is 0.640. The van der Waals surface area contributed by atoms with Crippen LogP contribution in [0.3, 0.4) is 0 Å². The number of benzene rings is 1. The van der Waals surface area contributed by atoms with Gasteiger partial charge in [0.25, 0.3) is 5.91 Å². The molecule has 1 N–H and O–H groups in total. The third-order valence-electron chi connectivity index (χ3n) is 7.22. The molecule has 3 saturated heterocycles. The molecule has 35 heavy (non-hydrogen) atoms. The molecule has 0 unspecified atom stereocenters. The lowest BCUT2D eigenvalue weighted by Gasteiger charge is -2.36. The number of fused-ring (bicyclic) bond motifs is 1. The Labute approximate surface area is 209 Å². The molecule has 3 aliphatic heterocycles. The van der Waals surface area contributed by atoms with Crippen molar-refractivity contribution >= 4 is 23.3 Å². The zero-order valence-electron chi connectivity index (χ0n) is 21.6. The largest absolute Gasteiger partial charge is 0.369 e. The monoisotopic (exact) mass is 484 g/mol. The van der Waals surface area contributed by atoms with Crippen molar-refractivity contribution in [1.82, 2.24) is 15.1 Å². The van der Waals surface area contributed by atoms with Gasteiger partial charge in [-0.1, -0.05) is 27.7 Å². The van der Waals surface area contributed by atoms with E-state index in [1.165, 1.54) is 6.42 Å². The Morgan fingerprint density at radius 3 is 2.40 bits per heavy atom. The molecule has 3 fully saturated rings. The molecule has 0 spiro atoms. The van der Waals surface area contributed by atoms with Gasteiger partial charge in [-0.25, -0.2) is 0 Å². The van der Waals surface area contributed by atoms with Crippen LogP contribution in [0.4, 0.5) is 5.69 Å². The van der Waals surface area contributed by atoms with Crippen LogP contribution < -0.4 is 10.2 Å². The van der Waals surface area contributed by atoms with E-state index < -0.39 is 12.1 Å². The van der Waals surface area contributed by atoms with E-state index in [-0.39, 0.29) is 35.7 Å². The van der Waals surface area contributed by atoms with Crippen molar-refractivity contribution in [2.75, 3.05) is 50.8 Å². The summed E-state index contributed by atoms with van der Waals surface area (Å²) in [6.45, 7) is 14.1. The highest BCUT2D eigenvalue weighted by molar-refractivity contribution is 5.99. The minimum Gasteiger partial charge on any atom is -0.369 e. The third-order valence-corrected chi connectivity index (χ3v) is 7.22. The molecule has 0 aromatic heterocycles. The number of piperazine rings is 1. The number of hydrogen-bond donors (Lipinski definition) is 1. The lowest BCUT2D eigenvalue weighted by molar-refractivity contribution is -0.138. The van der Waals surface area contributed by atoms with Gasteiger partial charge in [0.2, 0.25) is 5.91 Å². The normalized spacial score (nSPS) is 23.9. The number of carbonyl (C=O) groups is 3. The minimum atomic E-state index is -0.694. The summed E-state index contributed by atoms with van der Waals surface area (Å²) in [6.07, 6.45) is 2.10. The first kappa shape index (κ1) is 25.6. The summed E-state index contributed by atoms with van der Waals surface area (Å²) < 4.78 is 5.54. The van der Waals surface area contributed by atoms with E-state index in [1.54, 1.807) is 4.90 Å². The van der Waals surface area contributed by atoms with Crippen LogP contribution in [0.2, 0.25) is 0 Å². The van der Waals surface area contributed by atoms with E-state index in [2.05, 4.69) is 22.0 Å². The van der Waals surface area contributed by atoms with Crippen LogP contribution in [-0.4, -0.2) is 91.5 Å². The van der Waals surface area contributed by atoms with Crippen LogP contribution in [0.5, 0.6) is 0 Å². The van der Waals surface area contributed by atoms with E-state index in [4.69, 9.17) is 4.74 Å². The SMILES string of the molecule is CCCN1CCN(c2ccc(C(=O)N[C@@H](CC(C)(C)C)C(=O)N3CC[C@H]4OCC(=O)[C@H]43)cc2)CC1. The number of carbonyl (C=O) groups excluding carboxylic acids is 3. The summed E-state index contributed by atoms with van der Waals surface area (Å²) in [5.74, 6) is -0.509. The number of Topliss-reactive ketones (excluding diaryl/α,β-unsaturated/α-hetero) is 1. The Bertz CT molecular complexity index is 918. The highest BCUT2D eigenvalue weighted by Gasteiger charge is 2.48. The number of nitrogens with zero attached hydrogens (tertiary/aromatic N) is 3. The maximum Gasteiger partial charge on any atom is 0.251 e. The van der Waals surface area contributed by atoms with Gasteiger partial charge in [-0.2, -0.15) is 0 Å². The Balaban J connectivity index is 1.41. The van der Waals surface area contributed by atoms with Crippen molar-refractivity contribution in [2.24, 2.45) is 5.41 Å². The smallest absolute Gasteiger partial charge is 0.251 e. The number of nitrogens with one attached hydrogen (secondary N) is 1. The molecule has 2 amide bonds. The van der Waals surface area contributed by atoms with E-state index in [0.29, 0.717) is 24.9 Å². The van der Waals surface area contributed by atoms with Crippen molar-refractivity contribution in [2.45, 2.75) is 65.1 Å². The Morgan fingerprint density at radius 1 is 1.09 bits per heavy atom. The average molecular weight is 485 g/mol. The van der Waals surface area contributed by atoms with Gasteiger partial charge >= 0.3 is 0 Å². The van der Waals surface area contributed by atoms with Gasteiger partial charge in [-0.05, 0) is 55.5 Å². The van der Waals surface area contributed by atoms with Crippen molar-refractivity contribution in [3.63, 3.8) is 0 Å². The Morgan fingerprint density at radius 2 is 1.77 bits per heavy atom. The van der Waals surface area contributed by atoms with Crippen molar-refractivity contribution in [1.29, 1.82) is 0 Å². The second-order valence-electron chi connectivity index (χ2n) is 11.2. The molecule has 0 saturated carbocycles. The number of anilines is 1. The fraction of sp³-hybridized carbons (Fsp3) is 0.667. The summed E-state index contributed by atoms with van der Waals surface area (Å²) in [4.78, 5) is 45.4. The predicted octanol–water partition coefficient (Wildman–Crippen LogP) is 2.32. The highest BCUT2D eigenvalue weighted by atomic mass is 16.5. The number of hydrogen-bond acceptors (Lipinski definition) is 6. The van der Waals surface area contributed by atoms with Gasteiger partial charge in [0.1, 0.15) is 18.7 Å². The van der Waals surface area contributed by atoms with Gasteiger partial charge in [0.05, 0.1) is 6.10 Å².